The number of amides is 1. The standard InChI is InChI=1S/C14H23N3O.2ClH/c1-5-14(15,6-2)9-16-13(18)12-8-7-10(3)17-11(12)4;;/h7-8H,5-6,9,15H2,1-4H3,(H,16,18);2*1H. The van der Waals surface area contributed by atoms with E-state index in [2.05, 4.69) is 10.3 Å². The number of nitrogens with two attached hydrogens (primary N) is 1. The highest BCUT2D eigenvalue weighted by molar-refractivity contribution is 5.95. The largest absolute Gasteiger partial charge is 0.350 e. The molecule has 0 aliphatic carbocycles. The number of nitrogens with zero attached hydrogens (tertiary/aromatic N) is 1. The third kappa shape index (κ3) is 5.65. The highest BCUT2D eigenvalue weighted by atomic mass is 35.5. The molecule has 0 aliphatic heterocycles. The van der Waals surface area contributed by atoms with Crippen molar-refractivity contribution in [1.29, 1.82) is 0 Å². The number of rotatable bonds is 5. The molecule has 1 aromatic heterocycles. The van der Waals surface area contributed by atoms with Gasteiger partial charge < -0.3 is 11.1 Å². The van der Waals surface area contributed by atoms with Crippen LogP contribution in [-0.4, -0.2) is 23.0 Å². The second-order valence-electron chi connectivity index (χ2n) is 4.84. The van der Waals surface area contributed by atoms with E-state index in [-0.39, 0.29) is 36.3 Å². The van der Waals surface area contributed by atoms with Gasteiger partial charge in [-0.3, -0.25) is 9.78 Å². The molecule has 20 heavy (non-hydrogen) atoms. The van der Waals surface area contributed by atoms with Crippen LogP contribution in [0.2, 0.25) is 0 Å². The molecule has 0 radical (unpaired) electrons. The van der Waals surface area contributed by atoms with Crippen molar-refractivity contribution in [3.8, 4) is 0 Å². The van der Waals surface area contributed by atoms with Crippen LogP contribution in [0.4, 0.5) is 0 Å². The maximum Gasteiger partial charge on any atom is 0.253 e. The highest BCUT2D eigenvalue weighted by Gasteiger charge is 2.21. The van der Waals surface area contributed by atoms with Crippen LogP contribution >= 0.6 is 24.8 Å². The van der Waals surface area contributed by atoms with Gasteiger partial charge in [-0.1, -0.05) is 13.8 Å². The first-order chi connectivity index (χ1) is 8.41. The Balaban J connectivity index is 0. The van der Waals surface area contributed by atoms with Crippen molar-refractivity contribution in [1.82, 2.24) is 10.3 Å². The SMILES string of the molecule is CCC(N)(CC)CNC(=O)c1ccc(C)nc1C.Cl.Cl. The number of halogens is 2. The van der Waals surface area contributed by atoms with Crippen molar-refractivity contribution < 1.29 is 4.79 Å². The molecule has 1 aromatic rings. The topological polar surface area (TPSA) is 68.0 Å². The fourth-order valence-electron chi connectivity index (χ4n) is 1.78. The average Bonchev–Trinajstić information content (AvgIpc) is 2.35. The Kier molecular flexibility index (Phi) is 9.83. The lowest BCUT2D eigenvalue weighted by molar-refractivity contribution is 0.0941. The van der Waals surface area contributed by atoms with E-state index >= 15 is 0 Å². The molecule has 3 N–H and O–H groups in total. The van der Waals surface area contributed by atoms with Crippen molar-refractivity contribution >= 4 is 30.7 Å². The summed E-state index contributed by atoms with van der Waals surface area (Å²) in [5.41, 5.74) is 8.13. The lowest BCUT2D eigenvalue weighted by atomic mass is 9.94. The molecule has 1 amide bonds. The second kappa shape index (κ2) is 9.16. The highest BCUT2D eigenvalue weighted by Crippen LogP contribution is 2.11. The summed E-state index contributed by atoms with van der Waals surface area (Å²) in [6, 6.07) is 3.65. The monoisotopic (exact) mass is 321 g/mol. The van der Waals surface area contributed by atoms with E-state index in [1.54, 1.807) is 0 Å². The van der Waals surface area contributed by atoms with Crippen LogP contribution in [0.5, 0.6) is 0 Å². The predicted molar refractivity (Wildman–Crippen MR) is 88.0 cm³/mol. The van der Waals surface area contributed by atoms with Crippen LogP contribution in [0.15, 0.2) is 12.1 Å². The molecule has 1 rings (SSSR count). The molecule has 0 atom stereocenters. The Hall–Kier alpha value is -0.840. The minimum atomic E-state index is -0.318. The number of aromatic nitrogens is 1. The van der Waals surface area contributed by atoms with E-state index in [0.717, 1.165) is 24.2 Å². The summed E-state index contributed by atoms with van der Waals surface area (Å²) in [6.45, 7) is 8.32. The fourth-order valence-corrected chi connectivity index (χ4v) is 1.78. The second-order valence-corrected chi connectivity index (χ2v) is 4.84. The fraction of sp³-hybridized carbons (Fsp3) is 0.571. The Labute approximate surface area is 133 Å². The van der Waals surface area contributed by atoms with Gasteiger partial charge in [-0.25, -0.2) is 0 Å². The predicted octanol–water partition coefficient (Wildman–Crippen LogP) is 2.79. The van der Waals surface area contributed by atoms with E-state index in [1.165, 1.54) is 0 Å². The lowest BCUT2D eigenvalue weighted by Gasteiger charge is -2.26. The van der Waals surface area contributed by atoms with Gasteiger partial charge in [-0.05, 0) is 38.8 Å². The first-order valence-electron chi connectivity index (χ1n) is 6.43. The Morgan fingerprint density at radius 3 is 2.25 bits per heavy atom. The Morgan fingerprint density at radius 2 is 1.80 bits per heavy atom. The summed E-state index contributed by atoms with van der Waals surface area (Å²) in [7, 11) is 0. The van der Waals surface area contributed by atoms with Gasteiger partial charge in [-0.2, -0.15) is 0 Å². The number of pyridine rings is 1. The number of carbonyl (C=O) groups is 1. The van der Waals surface area contributed by atoms with Gasteiger partial charge in [0.25, 0.3) is 5.91 Å². The molecule has 0 spiro atoms. The van der Waals surface area contributed by atoms with Gasteiger partial charge >= 0.3 is 0 Å². The first kappa shape index (κ1) is 21.5. The van der Waals surface area contributed by atoms with Gasteiger partial charge in [0.15, 0.2) is 0 Å². The van der Waals surface area contributed by atoms with Crippen LogP contribution < -0.4 is 11.1 Å². The number of nitrogens with one attached hydrogen (secondary N) is 1. The molecule has 1 heterocycles. The molecular formula is C14H25Cl2N3O. The van der Waals surface area contributed by atoms with Crippen LogP contribution in [0.1, 0.15) is 48.4 Å². The van der Waals surface area contributed by atoms with Crippen LogP contribution in [0, 0.1) is 13.8 Å². The van der Waals surface area contributed by atoms with Gasteiger partial charge in [0.2, 0.25) is 0 Å². The van der Waals surface area contributed by atoms with Crippen molar-refractivity contribution in [2.75, 3.05) is 6.54 Å². The number of carbonyl (C=O) groups excluding carboxylic acids is 1. The van der Waals surface area contributed by atoms with E-state index in [9.17, 15) is 4.79 Å². The molecule has 0 aromatic carbocycles. The molecular weight excluding hydrogens is 297 g/mol. The molecule has 6 heteroatoms. The Bertz CT molecular complexity index is 434. The molecule has 0 aliphatic rings. The van der Waals surface area contributed by atoms with Crippen LogP contribution in [0.25, 0.3) is 0 Å². The lowest BCUT2D eigenvalue weighted by Crippen LogP contribution is -2.49. The smallest absolute Gasteiger partial charge is 0.253 e. The van der Waals surface area contributed by atoms with E-state index in [4.69, 9.17) is 5.73 Å². The number of aryl methyl sites for hydroxylation is 2. The molecule has 4 nitrogen and oxygen atoms in total. The molecule has 0 fully saturated rings. The summed E-state index contributed by atoms with van der Waals surface area (Å²) < 4.78 is 0. The van der Waals surface area contributed by atoms with E-state index in [0.29, 0.717) is 12.1 Å². The Morgan fingerprint density at radius 1 is 1.25 bits per heavy atom. The summed E-state index contributed by atoms with van der Waals surface area (Å²) in [4.78, 5) is 16.3. The third-order valence-electron chi connectivity index (χ3n) is 3.48. The van der Waals surface area contributed by atoms with Crippen LogP contribution in [-0.2, 0) is 0 Å². The zero-order chi connectivity index (χ0) is 13.8. The normalized spacial score (nSPS) is 10.2. The summed E-state index contributed by atoms with van der Waals surface area (Å²) in [5.74, 6) is -0.100. The number of hydrogen-bond acceptors (Lipinski definition) is 3. The number of hydrogen-bond donors (Lipinski definition) is 2. The van der Waals surface area contributed by atoms with Crippen molar-refractivity contribution in [2.24, 2.45) is 5.73 Å². The molecule has 0 saturated heterocycles. The van der Waals surface area contributed by atoms with Gasteiger partial charge in [-0.15, -0.1) is 24.8 Å². The maximum atomic E-state index is 12.0. The quantitative estimate of drug-likeness (QED) is 0.876. The maximum absolute atomic E-state index is 12.0. The van der Waals surface area contributed by atoms with Crippen molar-refractivity contribution in [3.05, 3.63) is 29.1 Å². The minimum Gasteiger partial charge on any atom is -0.350 e. The summed E-state index contributed by atoms with van der Waals surface area (Å²) in [5, 5.41) is 2.90. The van der Waals surface area contributed by atoms with Crippen LogP contribution in [0.3, 0.4) is 0 Å². The molecule has 0 bridgehead atoms. The van der Waals surface area contributed by atoms with Gasteiger partial charge in [0, 0.05) is 17.8 Å². The van der Waals surface area contributed by atoms with Crippen molar-refractivity contribution in [3.63, 3.8) is 0 Å². The summed E-state index contributed by atoms with van der Waals surface area (Å²) >= 11 is 0. The van der Waals surface area contributed by atoms with Gasteiger partial charge in [0.05, 0.1) is 11.3 Å². The zero-order valence-corrected chi connectivity index (χ0v) is 14.2. The van der Waals surface area contributed by atoms with Crippen molar-refractivity contribution in [2.45, 2.75) is 46.1 Å². The molecule has 0 saturated carbocycles. The van der Waals surface area contributed by atoms with E-state index < -0.39 is 0 Å². The summed E-state index contributed by atoms with van der Waals surface area (Å²) in [6.07, 6.45) is 1.68. The first-order valence-corrected chi connectivity index (χ1v) is 6.43. The average molecular weight is 322 g/mol. The molecule has 116 valence electrons. The zero-order valence-electron chi connectivity index (χ0n) is 12.5. The third-order valence-corrected chi connectivity index (χ3v) is 3.48. The molecule has 0 unspecified atom stereocenters. The van der Waals surface area contributed by atoms with E-state index in [1.807, 2.05) is 39.8 Å². The van der Waals surface area contributed by atoms with Gasteiger partial charge in [0.1, 0.15) is 0 Å². The minimum absolute atomic E-state index is 0.